The zero-order chi connectivity index (χ0) is 17.1. The van der Waals surface area contributed by atoms with E-state index in [1.54, 1.807) is 18.2 Å². The number of hydrogen-bond donors (Lipinski definition) is 1. The SMILES string of the molecule is NN(c1ccccc1)c1ccc([N+](=O)[O-])c([N+](=O)[O-])c1[N+](=O)[O-]. The molecule has 0 atom stereocenters. The minimum atomic E-state index is -1.22. The maximum atomic E-state index is 11.3. The van der Waals surface area contributed by atoms with E-state index in [1.165, 1.54) is 12.1 Å². The Morgan fingerprint density at radius 2 is 1.35 bits per heavy atom. The zero-order valence-corrected chi connectivity index (χ0v) is 11.4. The second kappa shape index (κ2) is 6.03. The van der Waals surface area contributed by atoms with E-state index in [9.17, 15) is 30.3 Å². The highest BCUT2D eigenvalue weighted by molar-refractivity contribution is 5.82. The number of nitrogens with two attached hydrogens (primary N) is 1. The number of nitro benzene ring substituents is 3. The van der Waals surface area contributed by atoms with Crippen LogP contribution >= 0.6 is 0 Å². The fraction of sp³-hybridized carbons (Fsp3) is 0. The van der Waals surface area contributed by atoms with E-state index < -0.39 is 31.8 Å². The first-order valence-corrected chi connectivity index (χ1v) is 6.04. The van der Waals surface area contributed by atoms with Gasteiger partial charge in [-0.2, -0.15) is 0 Å². The van der Waals surface area contributed by atoms with Crippen molar-refractivity contribution >= 4 is 28.4 Å². The van der Waals surface area contributed by atoms with Crippen molar-refractivity contribution in [1.29, 1.82) is 0 Å². The molecule has 0 aliphatic rings. The minimum absolute atomic E-state index is 0.318. The first-order chi connectivity index (χ1) is 10.8. The first-order valence-electron chi connectivity index (χ1n) is 6.04. The van der Waals surface area contributed by atoms with Crippen molar-refractivity contribution in [3.63, 3.8) is 0 Å². The van der Waals surface area contributed by atoms with Gasteiger partial charge in [0, 0.05) is 6.07 Å². The second-order valence-corrected chi connectivity index (χ2v) is 4.28. The Balaban J connectivity index is 2.75. The Hall–Kier alpha value is -3.60. The second-order valence-electron chi connectivity index (χ2n) is 4.28. The van der Waals surface area contributed by atoms with Crippen molar-refractivity contribution in [2.75, 3.05) is 5.01 Å². The van der Waals surface area contributed by atoms with Gasteiger partial charge in [-0.3, -0.25) is 35.4 Å². The summed E-state index contributed by atoms with van der Waals surface area (Å²) in [7, 11) is 0. The molecular formula is C12H9N5O6. The molecule has 11 nitrogen and oxygen atoms in total. The predicted octanol–water partition coefficient (Wildman–Crippen LogP) is 2.42. The maximum Gasteiger partial charge on any atom is 0.424 e. The minimum Gasteiger partial charge on any atom is -0.273 e. The fourth-order valence-corrected chi connectivity index (χ4v) is 1.99. The molecule has 0 aliphatic carbocycles. The van der Waals surface area contributed by atoms with Crippen LogP contribution in [0.15, 0.2) is 42.5 Å². The van der Waals surface area contributed by atoms with Gasteiger partial charge < -0.3 is 0 Å². The van der Waals surface area contributed by atoms with E-state index in [4.69, 9.17) is 5.84 Å². The van der Waals surface area contributed by atoms with Crippen LogP contribution in [0.4, 0.5) is 28.4 Å². The van der Waals surface area contributed by atoms with Gasteiger partial charge in [-0.25, -0.2) is 5.84 Å². The molecule has 0 saturated carbocycles. The fourth-order valence-electron chi connectivity index (χ4n) is 1.99. The van der Waals surface area contributed by atoms with Crippen molar-refractivity contribution < 1.29 is 14.8 Å². The monoisotopic (exact) mass is 319 g/mol. The molecule has 0 fully saturated rings. The van der Waals surface area contributed by atoms with Crippen LogP contribution in [0.5, 0.6) is 0 Å². The highest BCUT2D eigenvalue weighted by Crippen LogP contribution is 2.43. The third kappa shape index (κ3) is 2.89. The average Bonchev–Trinajstić information content (AvgIpc) is 2.53. The largest absolute Gasteiger partial charge is 0.424 e. The Bertz CT molecular complexity index is 794. The summed E-state index contributed by atoms with van der Waals surface area (Å²) in [4.78, 5) is 29.9. The summed E-state index contributed by atoms with van der Waals surface area (Å²) in [5.41, 5.74) is -3.26. The lowest BCUT2D eigenvalue weighted by molar-refractivity contribution is -0.440. The number of nitrogens with zero attached hydrogens (tertiary/aromatic N) is 4. The molecule has 0 radical (unpaired) electrons. The molecule has 11 heteroatoms. The molecule has 0 aliphatic heterocycles. The van der Waals surface area contributed by atoms with Gasteiger partial charge in [0.05, 0.1) is 20.5 Å². The summed E-state index contributed by atoms with van der Waals surface area (Å²) in [6.07, 6.45) is 0. The molecule has 23 heavy (non-hydrogen) atoms. The van der Waals surface area contributed by atoms with Gasteiger partial charge in [0.15, 0.2) is 0 Å². The quantitative estimate of drug-likeness (QED) is 0.499. The maximum absolute atomic E-state index is 11.3. The number of benzene rings is 2. The van der Waals surface area contributed by atoms with Crippen LogP contribution in [0.1, 0.15) is 0 Å². The molecule has 0 heterocycles. The molecule has 2 rings (SSSR count). The van der Waals surface area contributed by atoms with E-state index in [-0.39, 0.29) is 5.69 Å². The number of hydrogen-bond acceptors (Lipinski definition) is 8. The number of anilines is 2. The van der Waals surface area contributed by atoms with Crippen molar-refractivity contribution in [2.45, 2.75) is 0 Å². The van der Waals surface area contributed by atoms with Crippen LogP contribution in [0, 0.1) is 30.3 Å². The Morgan fingerprint density at radius 1 is 0.783 bits per heavy atom. The number of para-hydroxylation sites is 1. The van der Waals surface area contributed by atoms with Gasteiger partial charge in [-0.15, -0.1) is 0 Å². The molecule has 118 valence electrons. The van der Waals surface area contributed by atoms with Gasteiger partial charge in [-0.05, 0) is 18.2 Å². The van der Waals surface area contributed by atoms with Gasteiger partial charge in [0.1, 0.15) is 5.69 Å². The van der Waals surface area contributed by atoms with E-state index in [2.05, 4.69) is 0 Å². The standard InChI is InChI=1S/C12H9N5O6/c13-14(8-4-2-1-3-5-8)9-6-7-10(15(18)19)12(17(22)23)11(9)16(20)21/h1-7H,13H2. The summed E-state index contributed by atoms with van der Waals surface area (Å²) >= 11 is 0. The Morgan fingerprint density at radius 3 is 1.83 bits per heavy atom. The highest BCUT2D eigenvalue weighted by Gasteiger charge is 2.40. The van der Waals surface area contributed by atoms with Gasteiger partial charge in [0.2, 0.25) is 0 Å². The van der Waals surface area contributed by atoms with Gasteiger partial charge >= 0.3 is 17.1 Å². The average molecular weight is 319 g/mol. The molecule has 0 aromatic heterocycles. The summed E-state index contributed by atoms with van der Waals surface area (Å²) < 4.78 is 0. The molecule has 0 saturated heterocycles. The first kappa shape index (κ1) is 15.8. The zero-order valence-electron chi connectivity index (χ0n) is 11.4. The molecule has 2 aromatic rings. The van der Waals surface area contributed by atoms with Crippen LogP contribution in [0.2, 0.25) is 0 Å². The topological polar surface area (TPSA) is 159 Å². The molecule has 0 spiro atoms. The van der Waals surface area contributed by atoms with E-state index in [0.717, 1.165) is 17.1 Å². The lowest BCUT2D eigenvalue weighted by Gasteiger charge is -2.18. The van der Waals surface area contributed by atoms with Crippen molar-refractivity contribution in [3.8, 4) is 0 Å². The van der Waals surface area contributed by atoms with Gasteiger partial charge in [0.25, 0.3) is 0 Å². The number of nitro groups is 3. The van der Waals surface area contributed by atoms with E-state index >= 15 is 0 Å². The van der Waals surface area contributed by atoms with Crippen LogP contribution < -0.4 is 10.9 Å². The third-order valence-corrected chi connectivity index (χ3v) is 2.96. The lowest BCUT2D eigenvalue weighted by Crippen LogP contribution is -2.26. The Kier molecular flexibility index (Phi) is 4.14. The predicted molar refractivity (Wildman–Crippen MR) is 79.2 cm³/mol. The third-order valence-electron chi connectivity index (χ3n) is 2.96. The van der Waals surface area contributed by atoms with Crippen molar-refractivity contribution in [1.82, 2.24) is 0 Å². The molecule has 0 bridgehead atoms. The Labute approximate surface area is 128 Å². The van der Waals surface area contributed by atoms with Crippen LogP contribution in [-0.2, 0) is 0 Å². The summed E-state index contributed by atoms with van der Waals surface area (Å²) in [5, 5.41) is 34.1. The van der Waals surface area contributed by atoms with E-state index in [0.29, 0.717) is 5.69 Å². The van der Waals surface area contributed by atoms with E-state index in [1.807, 2.05) is 0 Å². The van der Waals surface area contributed by atoms with Crippen LogP contribution in [-0.4, -0.2) is 14.8 Å². The molecule has 2 aromatic carbocycles. The highest BCUT2D eigenvalue weighted by atomic mass is 16.6. The normalized spacial score (nSPS) is 10.1. The van der Waals surface area contributed by atoms with Gasteiger partial charge in [-0.1, -0.05) is 18.2 Å². The van der Waals surface area contributed by atoms with Crippen LogP contribution in [0.3, 0.4) is 0 Å². The molecule has 2 N–H and O–H groups in total. The summed E-state index contributed by atoms with van der Waals surface area (Å²) in [5.74, 6) is 5.79. The van der Waals surface area contributed by atoms with Crippen LogP contribution in [0.25, 0.3) is 0 Å². The number of hydrazine groups is 1. The molecular weight excluding hydrogens is 310 g/mol. The smallest absolute Gasteiger partial charge is 0.273 e. The number of rotatable bonds is 5. The van der Waals surface area contributed by atoms with Crippen molar-refractivity contribution in [2.24, 2.45) is 5.84 Å². The molecule has 0 unspecified atom stereocenters. The molecule has 0 amide bonds. The summed E-state index contributed by atoms with van der Waals surface area (Å²) in [6, 6.07) is 9.76. The lowest BCUT2D eigenvalue weighted by atomic mass is 10.2. The van der Waals surface area contributed by atoms with Crippen molar-refractivity contribution in [3.05, 3.63) is 72.8 Å². The summed E-state index contributed by atoms with van der Waals surface area (Å²) in [6.45, 7) is 0.